The summed E-state index contributed by atoms with van der Waals surface area (Å²) in [5.74, 6) is -1.38. The fourth-order valence-electron chi connectivity index (χ4n) is 4.20. The molecule has 0 spiro atoms. The molecule has 8 heteroatoms. The van der Waals surface area contributed by atoms with Gasteiger partial charge >= 0.3 is 5.97 Å². The molecule has 4 rings (SSSR count). The lowest BCUT2D eigenvalue weighted by atomic mass is 9.81. The van der Waals surface area contributed by atoms with Gasteiger partial charge in [-0.05, 0) is 54.8 Å². The van der Waals surface area contributed by atoms with Crippen LogP contribution in [0, 0.1) is 18.3 Å². The summed E-state index contributed by atoms with van der Waals surface area (Å²) < 4.78 is 5.45. The lowest BCUT2D eigenvalue weighted by molar-refractivity contribution is -0.138. The van der Waals surface area contributed by atoms with Crippen molar-refractivity contribution in [1.82, 2.24) is 5.32 Å². The van der Waals surface area contributed by atoms with Crippen molar-refractivity contribution < 1.29 is 14.3 Å². The van der Waals surface area contributed by atoms with Crippen LogP contribution in [0.25, 0.3) is 5.70 Å². The average Bonchev–Trinajstić information content (AvgIpc) is 2.92. The third-order valence-corrected chi connectivity index (χ3v) is 7.13. The molecule has 0 aromatic heterocycles. The second kappa shape index (κ2) is 12.5. The van der Waals surface area contributed by atoms with Crippen molar-refractivity contribution in [3.05, 3.63) is 117 Å². The zero-order chi connectivity index (χ0) is 27.1. The number of aryl methyl sites for hydroxylation is 1. The second-order valence-corrected chi connectivity index (χ2v) is 9.97. The summed E-state index contributed by atoms with van der Waals surface area (Å²) in [5.41, 5.74) is 4.39. The Morgan fingerprint density at radius 3 is 2.47 bits per heavy atom. The van der Waals surface area contributed by atoms with Gasteiger partial charge in [0.25, 0.3) is 0 Å². The average molecular weight is 544 g/mol. The molecule has 0 saturated heterocycles. The lowest BCUT2D eigenvalue weighted by Crippen LogP contribution is -2.29. The minimum Gasteiger partial charge on any atom is -0.463 e. The number of nitriles is 1. The van der Waals surface area contributed by atoms with Gasteiger partial charge < -0.3 is 15.4 Å². The standard InChI is InChI=1S/C30H26ClN3O3S/c1-3-37-30(36)27-26(20-12-14-22(31)15-13-20)24(17-32)29(34-28(27)21-9-5-4-6-10-21)38-18-25(35)33-23-11-7-8-19(2)16-23/h4-16,26,34H,3,18H2,1-2H3,(H,33,35). The quantitative estimate of drug-likeness (QED) is 0.319. The van der Waals surface area contributed by atoms with Gasteiger partial charge in [-0.3, -0.25) is 4.79 Å². The van der Waals surface area contributed by atoms with E-state index in [0.29, 0.717) is 38.1 Å². The van der Waals surface area contributed by atoms with Gasteiger partial charge in [0.05, 0.1) is 46.2 Å². The number of dihydropyridines is 1. The number of nitrogens with zero attached hydrogens (tertiary/aromatic N) is 1. The molecule has 0 aliphatic carbocycles. The predicted molar refractivity (Wildman–Crippen MR) is 152 cm³/mol. The van der Waals surface area contributed by atoms with E-state index in [0.717, 1.165) is 11.1 Å². The van der Waals surface area contributed by atoms with Crippen LogP contribution >= 0.6 is 23.4 Å². The number of carbonyl (C=O) groups excluding carboxylic acids is 2. The van der Waals surface area contributed by atoms with E-state index < -0.39 is 11.9 Å². The van der Waals surface area contributed by atoms with Crippen LogP contribution in [0.1, 0.15) is 29.5 Å². The first kappa shape index (κ1) is 27.1. The highest BCUT2D eigenvalue weighted by molar-refractivity contribution is 8.03. The molecular formula is C30H26ClN3O3S. The number of rotatable bonds is 8. The number of hydrogen-bond donors (Lipinski definition) is 2. The number of ether oxygens (including phenoxy) is 1. The smallest absolute Gasteiger partial charge is 0.337 e. The van der Waals surface area contributed by atoms with E-state index in [1.807, 2.05) is 61.5 Å². The summed E-state index contributed by atoms with van der Waals surface area (Å²) in [6, 6.07) is 26.3. The number of nitrogens with one attached hydrogen (secondary N) is 2. The van der Waals surface area contributed by atoms with Crippen molar-refractivity contribution in [2.45, 2.75) is 19.8 Å². The number of amides is 1. The van der Waals surface area contributed by atoms with Crippen molar-refractivity contribution in [3.8, 4) is 6.07 Å². The molecule has 3 aromatic rings. The van der Waals surface area contributed by atoms with Crippen LogP contribution in [0.5, 0.6) is 0 Å². The molecule has 0 fully saturated rings. The Labute approximate surface area is 231 Å². The van der Waals surface area contributed by atoms with Gasteiger partial charge in [0, 0.05) is 10.7 Å². The van der Waals surface area contributed by atoms with Gasteiger partial charge in [-0.25, -0.2) is 4.79 Å². The molecule has 1 amide bonds. The molecule has 0 radical (unpaired) electrons. The molecule has 1 aliphatic heterocycles. The number of halogens is 1. The van der Waals surface area contributed by atoms with E-state index in [2.05, 4.69) is 16.7 Å². The first-order valence-corrected chi connectivity index (χ1v) is 13.4. The van der Waals surface area contributed by atoms with Gasteiger partial charge in [-0.1, -0.05) is 78.0 Å². The van der Waals surface area contributed by atoms with Crippen LogP contribution in [0.4, 0.5) is 5.69 Å². The van der Waals surface area contributed by atoms with Gasteiger partial charge in [-0.15, -0.1) is 0 Å². The maximum atomic E-state index is 13.3. The highest BCUT2D eigenvalue weighted by Crippen LogP contribution is 2.43. The molecule has 1 aliphatic rings. The second-order valence-electron chi connectivity index (χ2n) is 8.55. The predicted octanol–water partition coefficient (Wildman–Crippen LogP) is 6.42. The number of hydrogen-bond acceptors (Lipinski definition) is 6. The first-order valence-electron chi connectivity index (χ1n) is 12.0. The zero-order valence-corrected chi connectivity index (χ0v) is 22.5. The van der Waals surface area contributed by atoms with Crippen LogP contribution in [0.3, 0.4) is 0 Å². The summed E-state index contributed by atoms with van der Waals surface area (Å²) in [6.45, 7) is 3.88. The van der Waals surface area contributed by atoms with Crippen LogP contribution in [-0.4, -0.2) is 24.2 Å². The van der Waals surface area contributed by atoms with Gasteiger partial charge in [0.1, 0.15) is 0 Å². The number of benzene rings is 3. The van der Waals surface area contributed by atoms with Gasteiger partial charge in [0.15, 0.2) is 0 Å². The molecular weight excluding hydrogens is 518 g/mol. The minimum atomic E-state index is -0.713. The summed E-state index contributed by atoms with van der Waals surface area (Å²) in [4.78, 5) is 26.1. The number of anilines is 1. The largest absolute Gasteiger partial charge is 0.463 e. The fourth-order valence-corrected chi connectivity index (χ4v) is 5.17. The van der Waals surface area contributed by atoms with E-state index >= 15 is 0 Å². The summed E-state index contributed by atoms with van der Waals surface area (Å²) in [5, 5.41) is 17.5. The van der Waals surface area contributed by atoms with Crippen LogP contribution in [0.15, 0.2) is 95.0 Å². The molecule has 2 N–H and O–H groups in total. The Morgan fingerprint density at radius 2 is 1.82 bits per heavy atom. The third kappa shape index (κ3) is 6.28. The maximum Gasteiger partial charge on any atom is 0.337 e. The van der Waals surface area contributed by atoms with Crippen molar-refractivity contribution in [1.29, 1.82) is 5.26 Å². The SMILES string of the molecule is CCOC(=O)C1=C(c2ccccc2)NC(SCC(=O)Nc2cccc(C)c2)=C(C#N)C1c1ccc(Cl)cc1. The Hall–Kier alpha value is -3.99. The summed E-state index contributed by atoms with van der Waals surface area (Å²) in [6.07, 6.45) is 0. The molecule has 0 bridgehead atoms. The van der Waals surface area contributed by atoms with E-state index in [1.165, 1.54) is 11.8 Å². The zero-order valence-electron chi connectivity index (χ0n) is 21.0. The molecule has 38 heavy (non-hydrogen) atoms. The lowest BCUT2D eigenvalue weighted by Gasteiger charge is -2.30. The highest BCUT2D eigenvalue weighted by Gasteiger charge is 2.37. The molecule has 3 aromatic carbocycles. The Bertz CT molecular complexity index is 1440. The number of carbonyl (C=O) groups is 2. The van der Waals surface area contributed by atoms with Crippen molar-refractivity contribution in [3.63, 3.8) is 0 Å². The van der Waals surface area contributed by atoms with Crippen molar-refractivity contribution in [2.24, 2.45) is 0 Å². The van der Waals surface area contributed by atoms with E-state index in [9.17, 15) is 14.9 Å². The Balaban J connectivity index is 1.75. The number of esters is 1. The molecule has 6 nitrogen and oxygen atoms in total. The number of allylic oxidation sites excluding steroid dienone is 1. The van der Waals surface area contributed by atoms with Gasteiger partial charge in [0.2, 0.25) is 5.91 Å². The van der Waals surface area contributed by atoms with Crippen molar-refractivity contribution >= 4 is 46.6 Å². The molecule has 1 heterocycles. The maximum absolute atomic E-state index is 13.3. The molecule has 1 atom stereocenters. The summed E-state index contributed by atoms with van der Waals surface area (Å²) >= 11 is 7.35. The number of thioether (sulfide) groups is 1. The Morgan fingerprint density at radius 1 is 1.08 bits per heavy atom. The third-order valence-electron chi connectivity index (χ3n) is 5.86. The fraction of sp³-hybridized carbons (Fsp3) is 0.167. The highest BCUT2D eigenvalue weighted by atomic mass is 35.5. The molecule has 192 valence electrons. The van der Waals surface area contributed by atoms with Crippen LogP contribution < -0.4 is 10.6 Å². The Kier molecular flexibility index (Phi) is 8.90. The topological polar surface area (TPSA) is 91.2 Å². The minimum absolute atomic E-state index is 0.0611. The summed E-state index contributed by atoms with van der Waals surface area (Å²) in [7, 11) is 0. The normalized spacial score (nSPS) is 14.9. The monoisotopic (exact) mass is 543 g/mol. The van der Waals surface area contributed by atoms with E-state index in [4.69, 9.17) is 16.3 Å². The van der Waals surface area contributed by atoms with Gasteiger partial charge in [-0.2, -0.15) is 5.26 Å². The van der Waals surface area contributed by atoms with E-state index in [1.54, 1.807) is 31.2 Å². The first-order chi connectivity index (χ1) is 18.4. The van der Waals surface area contributed by atoms with Crippen molar-refractivity contribution in [2.75, 3.05) is 17.7 Å². The van der Waals surface area contributed by atoms with Crippen LogP contribution in [-0.2, 0) is 14.3 Å². The van der Waals surface area contributed by atoms with E-state index in [-0.39, 0.29) is 18.3 Å². The molecule has 0 saturated carbocycles. The molecule has 1 unspecified atom stereocenters. The van der Waals surface area contributed by atoms with Crippen LogP contribution in [0.2, 0.25) is 5.02 Å².